The third kappa shape index (κ3) is 3.81. The van der Waals surface area contributed by atoms with Gasteiger partial charge in [-0.2, -0.15) is 0 Å². The second-order valence-electron chi connectivity index (χ2n) is 9.91. The molecule has 4 heteroatoms. The van der Waals surface area contributed by atoms with Gasteiger partial charge in [-0.3, -0.25) is 4.57 Å². The molecule has 3 nitrogen and oxygen atoms in total. The Bertz CT molecular complexity index is 2090. The second kappa shape index (κ2) is 9.30. The summed E-state index contributed by atoms with van der Waals surface area (Å²) in [6, 6.07) is 48.9. The third-order valence-electron chi connectivity index (χ3n) is 7.42. The summed E-state index contributed by atoms with van der Waals surface area (Å²) in [6.07, 6.45) is 0. The van der Waals surface area contributed by atoms with Gasteiger partial charge in [-0.15, -0.1) is 11.3 Å². The van der Waals surface area contributed by atoms with Gasteiger partial charge in [0.15, 0.2) is 0 Å². The molecular formula is C36H23N3S. The minimum absolute atomic E-state index is 0.893. The van der Waals surface area contributed by atoms with Crippen molar-refractivity contribution in [3.05, 3.63) is 140 Å². The van der Waals surface area contributed by atoms with Crippen molar-refractivity contribution in [2.75, 3.05) is 0 Å². The molecule has 0 N–H and O–H groups in total. The van der Waals surface area contributed by atoms with E-state index in [1.807, 2.05) is 12.1 Å². The number of hydrogen-bond donors (Lipinski definition) is 0. The van der Waals surface area contributed by atoms with Crippen molar-refractivity contribution in [1.82, 2.24) is 14.5 Å². The van der Waals surface area contributed by atoms with E-state index in [2.05, 4.69) is 132 Å². The van der Waals surface area contributed by atoms with Gasteiger partial charge in [-0.1, -0.05) is 109 Å². The largest absolute Gasteiger partial charge is 0.294 e. The number of aromatic nitrogens is 3. The molecule has 3 aromatic heterocycles. The van der Waals surface area contributed by atoms with Crippen LogP contribution in [0.1, 0.15) is 0 Å². The number of pyridine rings is 1. The fourth-order valence-corrected chi connectivity index (χ4v) is 6.52. The highest BCUT2D eigenvalue weighted by Gasteiger charge is 2.18. The smallest absolute Gasteiger partial charge is 0.138 e. The lowest BCUT2D eigenvalue weighted by molar-refractivity contribution is 1.08. The fraction of sp³-hybridized carbons (Fsp3) is 0. The van der Waals surface area contributed by atoms with E-state index in [-0.39, 0.29) is 0 Å². The number of nitrogens with zero attached hydrogens (tertiary/aromatic N) is 3. The molecule has 0 fully saturated rings. The molecule has 8 rings (SSSR count). The van der Waals surface area contributed by atoms with Gasteiger partial charge >= 0.3 is 0 Å². The molecule has 0 bridgehead atoms. The first-order valence-corrected chi connectivity index (χ1v) is 14.2. The van der Waals surface area contributed by atoms with Crippen LogP contribution in [0.2, 0.25) is 0 Å². The maximum absolute atomic E-state index is 5.25. The summed E-state index contributed by atoms with van der Waals surface area (Å²) in [5.41, 5.74) is 8.73. The minimum Gasteiger partial charge on any atom is -0.294 e. The van der Waals surface area contributed by atoms with Crippen molar-refractivity contribution in [3.8, 4) is 38.8 Å². The molecule has 0 aliphatic rings. The topological polar surface area (TPSA) is 30.7 Å². The number of fused-ring (bicyclic) bond motifs is 4. The SMILES string of the molecule is c1ccc(-c2cc(-c3ccccc3)nc(-n3c4ccccc4c4cc5sc(-c6ccccc6)nc5cc43)c2)cc1. The van der Waals surface area contributed by atoms with Crippen LogP contribution in [0.15, 0.2) is 140 Å². The van der Waals surface area contributed by atoms with Crippen LogP contribution in [0.25, 0.3) is 70.8 Å². The van der Waals surface area contributed by atoms with E-state index in [0.717, 1.165) is 49.8 Å². The molecule has 0 aliphatic heterocycles. The molecule has 40 heavy (non-hydrogen) atoms. The van der Waals surface area contributed by atoms with E-state index in [1.54, 1.807) is 11.3 Å². The van der Waals surface area contributed by atoms with Gasteiger partial charge in [-0.05, 0) is 41.5 Å². The Labute approximate surface area is 235 Å². The number of hydrogen-bond acceptors (Lipinski definition) is 3. The Balaban J connectivity index is 1.42. The summed E-state index contributed by atoms with van der Waals surface area (Å²) in [5, 5.41) is 3.46. The van der Waals surface area contributed by atoms with E-state index < -0.39 is 0 Å². The molecule has 0 aliphatic carbocycles. The Morgan fingerprint density at radius 3 is 1.88 bits per heavy atom. The van der Waals surface area contributed by atoms with Crippen LogP contribution in [0.3, 0.4) is 0 Å². The van der Waals surface area contributed by atoms with Crippen LogP contribution in [0.5, 0.6) is 0 Å². The summed E-state index contributed by atoms with van der Waals surface area (Å²) in [7, 11) is 0. The summed E-state index contributed by atoms with van der Waals surface area (Å²) in [6.45, 7) is 0. The fourth-order valence-electron chi connectivity index (χ4n) is 5.53. The molecule has 0 atom stereocenters. The maximum Gasteiger partial charge on any atom is 0.138 e. The first-order chi connectivity index (χ1) is 19.8. The predicted octanol–water partition coefficient (Wildman–Crippen LogP) is 9.79. The number of benzene rings is 5. The van der Waals surface area contributed by atoms with E-state index >= 15 is 0 Å². The average molecular weight is 530 g/mol. The molecule has 0 spiro atoms. The van der Waals surface area contributed by atoms with Gasteiger partial charge < -0.3 is 0 Å². The lowest BCUT2D eigenvalue weighted by Gasteiger charge is -2.13. The quantitative estimate of drug-likeness (QED) is 0.227. The maximum atomic E-state index is 5.25. The van der Waals surface area contributed by atoms with Crippen LogP contribution < -0.4 is 0 Å². The monoisotopic (exact) mass is 529 g/mol. The van der Waals surface area contributed by atoms with Gasteiger partial charge in [0.05, 0.1) is 26.9 Å². The standard InChI is InChI=1S/C36H23N3S/c1-4-12-24(13-5-1)27-20-30(25-14-6-2-7-15-25)37-35(21-27)39-32-19-11-10-18-28(32)29-22-34-31(23-33(29)39)38-36(40-34)26-16-8-3-9-17-26/h1-23H. The van der Waals surface area contributed by atoms with Crippen LogP contribution >= 0.6 is 11.3 Å². The van der Waals surface area contributed by atoms with E-state index in [1.165, 1.54) is 21.0 Å². The van der Waals surface area contributed by atoms with Gasteiger partial charge in [0.1, 0.15) is 10.8 Å². The van der Waals surface area contributed by atoms with Gasteiger partial charge in [0.2, 0.25) is 0 Å². The van der Waals surface area contributed by atoms with Crippen molar-refractivity contribution in [1.29, 1.82) is 0 Å². The van der Waals surface area contributed by atoms with Gasteiger partial charge in [0.25, 0.3) is 0 Å². The summed E-state index contributed by atoms with van der Waals surface area (Å²) < 4.78 is 3.48. The highest BCUT2D eigenvalue weighted by Crippen LogP contribution is 2.39. The zero-order valence-electron chi connectivity index (χ0n) is 21.5. The van der Waals surface area contributed by atoms with E-state index in [4.69, 9.17) is 9.97 Å². The summed E-state index contributed by atoms with van der Waals surface area (Å²) in [4.78, 5) is 10.3. The number of thiazole rings is 1. The predicted molar refractivity (Wildman–Crippen MR) is 168 cm³/mol. The van der Waals surface area contributed by atoms with Crippen LogP contribution in [0.4, 0.5) is 0 Å². The number of para-hydroxylation sites is 1. The summed E-state index contributed by atoms with van der Waals surface area (Å²) in [5.74, 6) is 0.893. The molecule has 8 aromatic rings. The molecular weight excluding hydrogens is 506 g/mol. The minimum atomic E-state index is 0.893. The van der Waals surface area contributed by atoms with Crippen LogP contribution in [-0.2, 0) is 0 Å². The van der Waals surface area contributed by atoms with Crippen molar-refractivity contribution < 1.29 is 0 Å². The molecule has 0 unspecified atom stereocenters. The highest BCUT2D eigenvalue weighted by molar-refractivity contribution is 7.21. The Hall–Kier alpha value is -5.06. The molecule has 0 saturated carbocycles. The van der Waals surface area contributed by atoms with Crippen molar-refractivity contribution in [2.24, 2.45) is 0 Å². The molecule has 0 saturated heterocycles. The zero-order valence-corrected chi connectivity index (χ0v) is 22.3. The molecule has 188 valence electrons. The lowest BCUT2D eigenvalue weighted by Crippen LogP contribution is -2.00. The summed E-state index contributed by atoms with van der Waals surface area (Å²) >= 11 is 1.74. The van der Waals surface area contributed by atoms with Crippen molar-refractivity contribution in [2.45, 2.75) is 0 Å². The highest BCUT2D eigenvalue weighted by atomic mass is 32.1. The molecule has 0 radical (unpaired) electrons. The van der Waals surface area contributed by atoms with Crippen LogP contribution in [0, 0.1) is 0 Å². The lowest BCUT2D eigenvalue weighted by atomic mass is 10.0. The Kier molecular flexibility index (Phi) is 5.32. The average Bonchev–Trinajstić information content (AvgIpc) is 3.59. The van der Waals surface area contributed by atoms with E-state index in [0.29, 0.717) is 0 Å². The zero-order chi connectivity index (χ0) is 26.5. The Morgan fingerprint density at radius 1 is 0.475 bits per heavy atom. The van der Waals surface area contributed by atoms with Crippen molar-refractivity contribution in [3.63, 3.8) is 0 Å². The molecule has 5 aromatic carbocycles. The second-order valence-corrected chi connectivity index (χ2v) is 10.9. The molecule has 3 heterocycles. The van der Waals surface area contributed by atoms with Crippen LogP contribution in [-0.4, -0.2) is 14.5 Å². The number of rotatable bonds is 4. The first-order valence-electron chi connectivity index (χ1n) is 13.3. The first kappa shape index (κ1) is 22.9. The molecule has 0 amide bonds. The normalized spacial score (nSPS) is 11.5. The van der Waals surface area contributed by atoms with Crippen molar-refractivity contribution >= 4 is 43.4 Å². The Morgan fingerprint density at radius 2 is 1.12 bits per heavy atom. The third-order valence-corrected chi connectivity index (χ3v) is 8.49. The van der Waals surface area contributed by atoms with E-state index in [9.17, 15) is 0 Å². The van der Waals surface area contributed by atoms with Gasteiger partial charge in [-0.25, -0.2) is 9.97 Å². The van der Waals surface area contributed by atoms with Gasteiger partial charge in [0, 0.05) is 21.9 Å².